The Labute approximate surface area is 202 Å². The SMILES string of the molecule is Cc1cccc2sc(N(CC3CCCO3)C(=O)C3CCCN(S(=O)(=O)c4cccs4)C3)nc12. The highest BCUT2D eigenvalue weighted by Gasteiger charge is 2.37. The predicted molar refractivity (Wildman–Crippen MR) is 131 cm³/mol. The van der Waals surface area contributed by atoms with Crippen LogP contribution in [0.2, 0.25) is 0 Å². The zero-order chi connectivity index (χ0) is 23.0. The molecule has 176 valence electrons. The van der Waals surface area contributed by atoms with Crippen LogP contribution in [0.1, 0.15) is 31.2 Å². The van der Waals surface area contributed by atoms with Gasteiger partial charge in [0.15, 0.2) is 5.13 Å². The van der Waals surface area contributed by atoms with E-state index in [4.69, 9.17) is 9.72 Å². The van der Waals surface area contributed by atoms with Crippen LogP contribution in [-0.4, -0.2) is 56.0 Å². The van der Waals surface area contributed by atoms with Crippen LogP contribution in [0.25, 0.3) is 10.2 Å². The minimum absolute atomic E-state index is 0.0170. The third-order valence-corrected chi connectivity index (χ3v) is 10.6. The average Bonchev–Trinajstić information content (AvgIpc) is 3.59. The largest absolute Gasteiger partial charge is 0.376 e. The first-order chi connectivity index (χ1) is 15.9. The maximum Gasteiger partial charge on any atom is 0.252 e. The third kappa shape index (κ3) is 4.59. The first-order valence-corrected chi connectivity index (χ1v) is 14.4. The fourth-order valence-corrected chi connectivity index (χ4v) is 8.29. The van der Waals surface area contributed by atoms with Crippen molar-refractivity contribution in [3.63, 3.8) is 0 Å². The molecule has 33 heavy (non-hydrogen) atoms. The number of thiazole rings is 1. The van der Waals surface area contributed by atoms with Crippen molar-refractivity contribution < 1.29 is 17.9 Å². The summed E-state index contributed by atoms with van der Waals surface area (Å²) in [6.07, 6.45) is 3.21. The predicted octanol–water partition coefficient (Wildman–Crippen LogP) is 4.28. The van der Waals surface area contributed by atoms with E-state index in [2.05, 4.69) is 0 Å². The lowest BCUT2D eigenvalue weighted by Crippen LogP contribution is -2.48. The number of thiophene rings is 1. The zero-order valence-corrected chi connectivity index (χ0v) is 20.9. The number of para-hydroxylation sites is 1. The Balaban J connectivity index is 1.43. The number of aromatic nitrogens is 1. The molecule has 3 aromatic rings. The van der Waals surface area contributed by atoms with Crippen molar-refractivity contribution in [3.05, 3.63) is 41.3 Å². The number of carbonyl (C=O) groups excluding carboxylic acids is 1. The van der Waals surface area contributed by atoms with Gasteiger partial charge in [-0.3, -0.25) is 9.69 Å². The highest BCUT2D eigenvalue weighted by atomic mass is 32.2. The van der Waals surface area contributed by atoms with Gasteiger partial charge >= 0.3 is 0 Å². The molecule has 0 aliphatic carbocycles. The molecule has 0 radical (unpaired) electrons. The van der Waals surface area contributed by atoms with E-state index in [1.807, 2.05) is 25.1 Å². The van der Waals surface area contributed by atoms with Gasteiger partial charge in [0.05, 0.1) is 28.8 Å². The van der Waals surface area contributed by atoms with Crippen molar-refractivity contribution in [2.45, 2.75) is 42.9 Å². The van der Waals surface area contributed by atoms with Gasteiger partial charge in [0.1, 0.15) is 4.21 Å². The zero-order valence-electron chi connectivity index (χ0n) is 18.5. The summed E-state index contributed by atoms with van der Waals surface area (Å²) in [4.78, 5) is 20.4. The summed E-state index contributed by atoms with van der Waals surface area (Å²) in [6.45, 7) is 3.82. The van der Waals surface area contributed by atoms with Crippen LogP contribution in [-0.2, 0) is 19.6 Å². The van der Waals surface area contributed by atoms with Crippen LogP contribution in [0.15, 0.2) is 39.9 Å². The van der Waals surface area contributed by atoms with Crippen LogP contribution in [0.3, 0.4) is 0 Å². The lowest BCUT2D eigenvalue weighted by atomic mass is 9.98. The number of hydrogen-bond acceptors (Lipinski definition) is 7. The molecule has 2 aliphatic heterocycles. The number of anilines is 1. The molecule has 2 saturated heterocycles. The molecule has 0 saturated carbocycles. The van der Waals surface area contributed by atoms with E-state index < -0.39 is 15.9 Å². The highest BCUT2D eigenvalue weighted by molar-refractivity contribution is 7.91. The van der Waals surface area contributed by atoms with Gasteiger partial charge in [-0.15, -0.1) is 11.3 Å². The summed E-state index contributed by atoms with van der Waals surface area (Å²) in [6, 6.07) is 9.40. The van der Waals surface area contributed by atoms with Crippen molar-refractivity contribution >= 4 is 54.0 Å². The second-order valence-electron chi connectivity index (χ2n) is 8.64. The number of hydrogen-bond donors (Lipinski definition) is 0. The first kappa shape index (κ1) is 22.9. The molecule has 0 bridgehead atoms. The number of aryl methyl sites for hydroxylation is 1. The van der Waals surface area contributed by atoms with Gasteiger partial charge in [-0.1, -0.05) is 29.5 Å². The number of carbonyl (C=O) groups is 1. The second kappa shape index (κ2) is 9.42. The van der Waals surface area contributed by atoms with Crippen LogP contribution in [0, 0.1) is 12.8 Å². The lowest BCUT2D eigenvalue weighted by molar-refractivity contribution is -0.123. The monoisotopic (exact) mass is 505 g/mol. The minimum atomic E-state index is -3.58. The number of piperidine rings is 1. The normalized spacial score (nSPS) is 22.1. The van der Waals surface area contributed by atoms with E-state index in [1.54, 1.807) is 22.4 Å². The molecule has 0 N–H and O–H groups in total. The number of benzene rings is 1. The van der Waals surface area contributed by atoms with Crippen molar-refractivity contribution in [2.75, 3.05) is 31.1 Å². The number of ether oxygens (including phenoxy) is 1. The average molecular weight is 506 g/mol. The Morgan fingerprint density at radius 2 is 2.12 bits per heavy atom. The molecule has 10 heteroatoms. The fourth-order valence-electron chi connectivity index (χ4n) is 4.56. The first-order valence-electron chi connectivity index (χ1n) is 11.3. The van der Waals surface area contributed by atoms with Gasteiger partial charge in [0, 0.05) is 19.7 Å². The molecule has 2 unspecified atom stereocenters. The van der Waals surface area contributed by atoms with Crippen LogP contribution < -0.4 is 4.90 Å². The van der Waals surface area contributed by atoms with Gasteiger partial charge < -0.3 is 4.74 Å². The Morgan fingerprint density at radius 3 is 2.85 bits per heavy atom. The van der Waals surface area contributed by atoms with Crippen molar-refractivity contribution in [3.8, 4) is 0 Å². The van der Waals surface area contributed by atoms with E-state index >= 15 is 0 Å². The van der Waals surface area contributed by atoms with Crippen molar-refractivity contribution in [2.24, 2.45) is 5.92 Å². The van der Waals surface area contributed by atoms with Gasteiger partial charge in [-0.25, -0.2) is 13.4 Å². The van der Waals surface area contributed by atoms with E-state index in [0.29, 0.717) is 41.9 Å². The van der Waals surface area contributed by atoms with E-state index in [0.717, 1.165) is 28.6 Å². The van der Waals surface area contributed by atoms with Crippen LogP contribution >= 0.6 is 22.7 Å². The molecular formula is C23H27N3O4S3. The van der Waals surface area contributed by atoms with Gasteiger partial charge in [0.25, 0.3) is 10.0 Å². The smallest absolute Gasteiger partial charge is 0.252 e. The number of rotatable bonds is 6. The molecule has 1 amide bonds. The number of fused-ring (bicyclic) bond motifs is 1. The summed E-state index contributed by atoms with van der Waals surface area (Å²) in [5, 5.41) is 2.43. The number of sulfonamides is 1. The molecule has 2 fully saturated rings. The maximum absolute atomic E-state index is 13.8. The van der Waals surface area contributed by atoms with E-state index in [9.17, 15) is 13.2 Å². The molecule has 5 rings (SSSR count). The Bertz CT molecular complexity index is 1230. The number of nitrogens with zero attached hydrogens (tertiary/aromatic N) is 3. The molecule has 2 atom stereocenters. The second-order valence-corrected chi connectivity index (χ2v) is 12.8. The number of amides is 1. The Kier molecular flexibility index (Phi) is 6.54. The lowest BCUT2D eigenvalue weighted by Gasteiger charge is -2.34. The summed E-state index contributed by atoms with van der Waals surface area (Å²) in [5.41, 5.74) is 1.98. The van der Waals surface area contributed by atoms with Crippen molar-refractivity contribution in [1.29, 1.82) is 0 Å². The quantitative estimate of drug-likeness (QED) is 0.500. The molecule has 7 nitrogen and oxygen atoms in total. The Morgan fingerprint density at radius 1 is 1.24 bits per heavy atom. The molecule has 2 aliphatic rings. The molecule has 1 aromatic carbocycles. The van der Waals surface area contributed by atoms with Gasteiger partial charge in [-0.2, -0.15) is 4.31 Å². The topological polar surface area (TPSA) is 79.8 Å². The van der Waals surface area contributed by atoms with Crippen molar-refractivity contribution in [1.82, 2.24) is 9.29 Å². The summed E-state index contributed by atoms with van der Waals surface area (Å²) < 4.78 is 34.8. The fraction of sp³-hybridized carbons (Fsp3) is 0.478. The minimum Gasteiger partial charge on any atom is -0.376 e. The Hall–Kier alpha value is -1.85. The molecule has 0 spiro atoms. The molecule has 2 aromatic heterocycles. The maximum atomic E-state index is 13.8. The van der Waals surface area contributed by atoms with Crippen LogP contribution in [0.4, 0.5) is 5.13 Å². The van der Waals surface area contributed by atoms with E-state index in [1.165, 1.54) is 27.0 Å². The summed E-state index contributed by atoms with van der Waals surface area (Å²) in [5.74, 6) is -0.462. The standard InChI is InChI=1S/C23H27N3O4S3/c1-16-6-2-9-19-21(16)24-23(32-19)26(15-18-8-4-12-30-18)22(27)17-7-3-11-25(14-17)33(28,29)20-10-5-13-31-20/h2,5-6,9-10,13,17-18H,3-4,7-8,11-12,14-15H2,1H3. The van der Waals surface area contributed by atoms with Crippen LogP contribution in [0.5, 0.6) is 0 Å². The van der Waals surface area contributed by atoms with E-state index in [-0.39, 0.29) is 18.6 Å². The summed E-state index contributed by atoms with van der Waals surface area (Å²) >= 11 is 2.72. The summed E-state index contributed by atoms with van der Waals surface area (Å²) in [7, 11) is -3.58. The third-order valence-electron chi connectivity index (χ3n) is 6.34. The highest BCUT2D eigenvalue weighted by Crippen LogP contribution is 2.34. The molecule has 4 heterocycles. The van der Waals surface area contributed by atoms with Gasteiger partial charge in [0.2, 0.25) is 5.91 Å². The van der Waals surface area contributed by atoms with Gasteiger partial charge in [-0.05, 0) is 55.7 Å². The molecular weight excluding hydrogens is 478 g/mol.